The third kappa shape index (κ3) is 5.60. The first-order chi connectivity index (χ1) is 23.5. The van der Waals surface area contributed by atoms with Gasteiger partial charge in [-0.15, -0.1) is 0 Å². The molecule has 0 amide bonds. The van der Waals surface area contributed by atoms with Crippen molar-refractivity contribution in [2.45, 2.75) is 26.7 Å². The van der Waals surface area contributed by atoms with Gasteiger partial charge in [0.05, 0.1) is 11.0 Å². The molecule has 0 aliphatic rings. The highest BCUT2D eigenvalue weighted by Gasteiger charge is 2.17. The number of rotatable bonds is 6. The zero-order valence-corrected chi connectivity index (χ0v) is 27.1. The van der Waals surface area contributed by atoms with Crippen LogP contribution in [0.2, 0.25) is 0 Å². The molecule has 48 heavy (non-hydrogen) atoms. The first-order valence-electron chi connectivity index (χ1n) is 16.3. The zero-order chi connectivity index (χ0) is 32.6. The van der Waals surface area contributed by atoms with E-state index in [0.717, 1.165) is 66.6 Å². The Morgan fingerprint density at radius 2 is 0.958 bits per heavy atom. The lowest BCUT2D eigenvalue weighted by atomic mass is 9.95. The second-order valence-electron chi connectivity index (χ2n) is 12.4. The highest BCUT2D eigenvalue weighted by Crippen LogP contribution is 2.36. The average molecular weight is 620 g/mol. The van der Waals surface area contributed by atoms with Crippen LogP contribution in [0.5, 0.6) is 0 Å². The number of hydrogen-bond donors (Lipinski definition) is 0. The lowest BCUT2D eigenvalue weighted by Gasteiger charge is -2.15. The zero-order valence-electron chi connectivity index (χ0n) is 27.1. The molecule has 5 nitrogen and oxygen atoms in total. The van der Waals surface area contributed by atoms with Crippen molar-refractivity contribution in [3.8, 4) is 56.4 Å². The number of aromatic nitrogens is 5. The first-order valence-corrected chi connectivity index (χ1v) is 16.3. The molecule has 0 aliphatic heterocycles. The lowest BCUT2D eigenvalue weighted by Crippen LogP contribution is -2.00. The molecule has 0 saturated carbocycles. The maximum atomic E-state index is 5.13. The van der Waals surface area contributed by atoms with Crippen LogP contribution in [0.25, 0.3) is 78.2 Å². The van der Waals surface area contributed by atoms with Crippen molar-refractivity contribution >= 4 is 21.8 Å². The Labute approximate surface area is 280 Å². The molecule has 5 aromatic carbocycles. The van der Waals surface area contributed by atoms with Gasteiger partial charge in [-0.25, -0.2) is 15.0 Å². The van der Waals surface area contributed by atoms with Gasteiger partial charge < -0.3 is 0 Å². The maximum absolute atomic E-state index is 5.13. The molecule has 0 unspecified atom stereocenters. The molecule has 230 valence electrons. The summed E-state index contributed by atoms with van der Waals surface area (Å²) < 4.78 is 0. The molecule has 5 heteroatoms. The van der Waals surface area contributed by atoms with Crippen molar-refractivity contribution in [2.75, 3.05) is 0 Å². The summed E-state index contributed by atoms with van der Waals surface area (Å²) in [5.41, 5.74) is 11.2. The fourth-order valence-electron chi connectivity index (χ4n) is 6.14. The Bertz CT molecular complexity index is 2420. The quantitative estimate of drug-likeness (QED) is 0.173. The predicted molar refractivity (Wildman–Crippen MR) is 196 cm³/mol. The van der Waals surface area contributed by atoms with Crippen LogP contribution in [0.1, 0.15) is 31.2 Å². The number of aryl methyl sites for hydroxylation is 1. The molecule has 0 bridgehead atoms. The van der Waals surface area contributed by atoms with Crippen molar-refractivity contribution in [1.29, 1.82) is 0 Å². The summed E-state index contributed by atoms with van der Waals surface area (Å²) in [5, 5.41) is 2.16. The maximum Gasteiger partial charge on any atom is 0.164 e. The second-order valence-corrected chi connectivity index (χ2v) is 12.4. The fourth-order valence-corrected chi connectivity index (χ4v) is 6.14. The average Bonchev–Trinajstić information content (AvgIpc) is 3.15. The van der Waals surface area contributed by atoms with E-state index in [4.69, 9.17) is 24.9 Å². The van der Waals surface area contributed by atoms with Crippen molar-refractivity contribution in [3.63, 3.8) is 0 Å². The topological polar surface area (TPSA) is 64.5 Å². The van der Waals surface area contributed by atoms with Crippen LogP contribution in [0, 0.1) is 6.92 Å². The lowest BCUT2D eigenvalue weighted by molar-refractivity contribution is 0.831. The van der Waals surface area contributed by atoms with E-state index in [2.05, 4.69) is 117 Å². The van der Waals surface area contributed by atoms with Gasteiger partial charge in [0, 0.05) is 38.9 Å². The molecule has 0 aliphatic carbocycles. The summed E-state index contributed by atoms with van der Waals surface area (Å²) in [6.45, 7) is 6.39. The van der Waals surface area contributed by atoms with Crippen LogP contribution < -0.4 is 0 Å². The minimum absolute atomic E-state index is 0.254. The summed E-state index contributed by atoms with van der Waals surface area (Å²) in [6, 6.07) is 48.1. The molecule has 3 heterocycles. The van der Waals surface area contributed by atoms with E-state index in [9.17, 15) is 0 Å². The Kier molecular flexibility index (Phi) is 7.50. The summed E-state index contributed by atoms with van der Waals surface area (Å²) >= 11 is 0. The first kappa shape index (κ1) is 29.3. The Hall–Kier alpha value is -6.07. The van der Waals surface area contributed by atoms with Crippen LogP contribution in [0.15, 0.2) is 140 Å². The number of hydrogen-bond acceptors (Lipinski definition) is 5. The number of fused-ring (bicyclic) bond motifs is 3. The summed E-state index contributed by atoms with van der Waals surface area (Å²) in [6.07, 6.45) is 0. The normalized spacial score (nSPS) is 11.4. The van der Waals surface area contributed by atoms with Gasteiger partial charge in [-0.05, 0) is 53.3 Å². The largest absolute Gasteiger partial charge is 0.251 e. The van der Waals surface area contributed by atoms with Gasteiger partial charge in [-0.1, -0.05) is 135 Å². The van der Waals surface area contributed by atoms with E-state index in [1.807, 2.05) is 43.3 Å². The van der Waals surface area contributed by atoms with E-state index >= 15 is 0 Å². The van der Waals surface area contributed by atoms with E-state index in [0.29, 0.717) is 17.5 Å². The van der Waals surface area contributed by atoms with Crippen molar-refractivity contribution in [2.24, 2.45) is 0 Å². The molecular formula is C43H33N5. The van der Waals surface area contributed by atoms with Gasteiger partial charge in [0.1, 0.15) is 0 Å². The number of pyridine rings is 2. The fraction of sp³-hybridized carbons (Fsp3) is 0.0930. The van der Waals surface area contributed by atoms with Crippen LogP contribution in [-0.4, -0.2) is 24.9 Å². The third-order valence-corrected chi connectivity index (χ3v) is 8.74. The van der Waals surface area contributed by atoms with Crippen LogP contribution in [0.4, 0.5) is 0 Å². The van der Waals surface area contributed by atoms with Gasteiger partial charge in [0.25, 0.3) is 0 Å². The van der Waals surface area contributed by atoms with Gasteiger partial charge in [-0.3, -0.25) is 9.97 Å². The van der Waals surface area contributed by atoms with Crippen LogP contribution in [-0.2, 0) is 0 Å². The SMILES string of the molecule is Cc1ccc2ccc3c(-c4cccc(-c5nc(-c6ccccc6)nc(-c6ccc(-c7ccccc7)cc6)n5)c4)cc(C(C)C)nc3c2n1. The summed E-state index contributed by atoms with van der Waals surface area (Å²) in [5.74, 6) is 2.15. The van der Waals surface area contributed by atoms with Gasteiger partial charge in [-0.2, -0.15) is 0 Å². The minimum atomic E-state index is 0.254. The Morgan fingerprint density at radius 3 is 1.65 bits per heavy atom. The second kappa shape index (κ2) is 12.3. The van der Waals surface area contributed by atoms with Gasteiger partial charge >= 0.3 is 0 Å². The predicted octanol–water partition coefficient (Wildman–Crippen LogP) is 10.7. The monoisotopic (exact) mass is 619 g/mol. The van der Waals surface area contributed by atoms with E-state index in [1.165, 1.54) is 5.56 Å². The van der Waals surface area contributed by atoms with E-state index in [-0.39, 0.29) is 5.92 Å². The Balaban J connectivity index is 1.28. The van der Waals surface area contributed by atoms with Crippen LogP contribution in [0.3, 0.4) is 0 Å². The highest BCUT2D eigenvalue weighted by atomic mass is 15.0. The molecular weight excluding hydrogens is 587 g/mol. The summed E-state index contributed by atoms with van der Waals surface area (Å²) in [7, 11) is 0. The summed E-state index contributed by atoms with van der Waals surface area (Å²) in [4.78, 5) is 25.1. The molecule has 0 radical (unpaired) electrons. The van der Waals surface area contributed by atoms with Crippen molar-refractivity contribution in [1.82, 2.24) is 24.9 Å². The van der Waals surface area contributed by atoms with Gasteiger partial charge in [0.2, 0.25) is 0 Å². The molecule has 3 aromatic heterocycles. The minimum Gasteiger partial charge on any atom is -0.251 e. The molecule has 8 rings (SSSR count). The number of nitrogens with zero attached hydrogens (tertiary/aromatic N) is 5. The molecule has 0 atom stereocenters. The molecule has 0 N–H and O–H groups in total. The van der Waals surface area contributed by atoms with Gasteiger partial charge in [0.15, 0.2) is 17.5 Å². The number of benzene rings is 5. The van der Waals surface area contributed by atoms with E-state index < -0.39 is 0 Å². The van der Waals surface area contributed by atoms with E-state index in [1.54, 1.807) is 0 Å². The van der Waals surface area contributed by atoms with Crippen molar-refractivity contribution < 1.29 is 0 Å². The molecule has 0 saturated heterocycles. The Morgan fingerprint density at radius 1 is 0.417 bits per heavy atom. The highest BCUT2D eigenvalue weighted by molar-refractivity contribution is 6.08. The van der Waals surface area contributed by atoms with Crippen LogP contribution >= 0.6 is 0 Å². The molecule has 0 fully saturated rings. The third-order valence-electron chi connectivity index (χ3n) is 8.74. The molecule has 8 aromatic rings. The standard InChI is InChI=1S/C43H33N5/c1-27(2)38-26-37(36-24-23-31-18-17-28(3)44-39(31)40(36)45-38)34-15-10-16-35(25-34)43-47-41(32-13-8-5-9-14-32)46-42(48-43)33-21-19-30(20-22-33)29-11-6-4-7-12-29/h4-27H,1-3H3. The molecule has 0 spiro atoms. The smallest absolute Gasteiger partial charge is 0.164 e. The van der Waals surface area contributed by atoms with Crippen molar-refractivity contribution in [3.05, 3.63) is 151 Å².